The number of likely N-dealkylation sites (N-methyl/N-ethyl adjacent to an activating group) is 1. The zero-order chi connectivity index (χ0) is 17.1. The number of hydrogen-bond donors (Lipinski definition) is 1. The SMILES string of the molecule is CC(C(=O)N1CCN(C)Cc2ccccc21)C(N)c1ccccc1. The van der Waals surface area contributed by atoms with E-state index in [1.165, 1.54) is 5.56 Å². The number of nitrogens with two attached hydrogens (primary N) is 1. The summed E-state index contributed by atoms with van der Waals surface area (Å²) in [5.41, 5.74) is 9.57. The van der Waals surface area contributed by atoms with Gasteiger partial charge in [-0.1, -0.05) is 55.5 Å². The molecule has 3 rings (SSSR count). The van der Waals surface area contributed by atoms with Crippen LogP contribution in [0.15, 0.2) is 54.6 Å². The quantitative estimate of drug-likeness (QED) is 0.945. The molecule has 2 unspecified atom stereocenters. The van der Waals surface area contributed by atoms with Crippen LogP contribution in [0.5, 0.6) is 0 Å². The van der Waals surface area contributed by atoms with Crippen LogP contribution >= 0.6 is 0 Å². The summed E-state index contributed by atoms with van der Waals surface area (Å²) in [5.74, 6) is -0.182. The molecule has 1 aliphatic rings. The van der Waals surface area contributed by atoms with Crippen molar-refractivity contribution in [2.24, 2.45) is 11.7 Å². The van der Waals surface area contributed by atoms with Crippen LogP contribution in [0.2, 0.25) is 0 Å². The Morgan fingerprint density at radius 3 is 2.46 bits per heavy atom. The monoisotopic (exact) mass is 323 g/mol. The van der Waals surface area contributed by atoms with Gasteiger partial charge in [0.15, 0.2) is 0 Å². The van der Waals surface area contributed by atoms with Gasteiger partial charge in [-0.25, -0.2) is 0 Å². The van der Waals surface area contributed by atoms with Crippen molar-refractivity contribution in [3.63, 3.8) is 0 Å². The molecular formula is C20H25N3O. The molecule has 4 nitrogen and oxygen atoms in total. The summed E-state index contributed by atoms with van der Waals surface area (Å²) in [7, 11) is 2.09. The smallest absolute Gasteiger partial charge is 0.231 e. The molecule has 2 aromatic carbocycles. The molecule has 0 fully saturated rings. The topological polar surface area (TPSA) is 49.6 Å². The molecule has 1 heterocycles. The van der Waals surface area contributed by atoms with Gasteiger partial charge in [-0.05, 0) is 24.2 Å². The Hall–Kier alpha value is -2.17. The lowest BCUT2D eigenvalue weighted by molar-refractivity contribution is -0.122. The van der Waals surface area contributed by atoms with Crippen LogP contribution in [-0.4, -0.2) is 30.9 Å². The second kappa shape index (κ2) is 7.16. The highest BCUT2D eigenvalue weighted by Crippen LogP contribution is 2.28. The third-order valence-electron chi connectivity index (χ3n) is 4.81. The van der Waals surface area contributed by atoms with Gasteiger partial charge in [0, 0.05) is 31.4 Å². The molecule has 126 valence electrons. The van der Waals surface area contributed by atoms with E-state index in [1.54, 1.807) is 0 Å². The lowest BCUT2D eigenvalue weighted by atomic mass is 9.94. The first-order valence-corrected chi connectivity index (χ1v) is 8.46. The van der Waals surface area contributed by atoms with Gasteiger partial charge in [0.2, 0.25) is 5.91 Å². The van der Waals surface area contributed by atoms with Crippen LogP contribution in [0.4, 0.5) is 5.69 Å². The Balaban J connectivity index is 1.86. The van der Waals surface area contributed by atoms with Crippen LogP contribution in [0, 0.1) is 5.92 Å². The minimum atomic E-state index is -0.299. The van der Waals surface area contributed by atoms with Crippen molar-refractivity contribution in [1.82, 2.24) is 4.90 Å². The predicted octanol–water partition coefficient (Wildman–Crippen LogP) is 2.80. The molecular weight excluding hydrogens is 298 g/mol. The first kappa shape index (κ1) is 16.7. The highest BCUT2D eigenvalue weighted by molar-refractivity contribution is 5.96. The van der Waals surface area contributed by atoms with Crippen molar-refractivity contribution < 1.29 is 4.79 Å². The highest BCUT2D eigenvalue weighted by Gasteiger charge is 2.30. The third kappa shape index (κ3) is 3.35. The average Bonchev–Trinajstić information content (AvgIpc) is 2.78. The van der Waals surface area contributed by atoms with Gasteiger partial charge in [-0.3, -0.25) is 4.79 Å². The van der Waals surface area contributed by atoms with E-state index in [-0.39, 0.29) is 17.9 Å². The van der Waals surface area contributed by atoms with Crippen LogP contribution < -0.4 is 10.6 Å². The summed E-state index contributed by atoms with van der Waals surface area (Å²) >= 11 is 0. The number of amides is 1. The van der Waals surface area contributed by atoms with E-state index >= 15 is 0 Å². The average molecular weight is 323 g/mol. The summed E-state index contributed by atoms with van der Waals surface area (Å²) < 4.78 is 0. The standard InChI is InChI=1S/C20H25N3O/c1-15(19(21)16-8-4-3-5-9-16)20(24)23-13-12-22(2)14-17-10-6-7-11-18(17)23/h3-11,15,19H,12-14,21H2,1-2H3. The fourth-order valence-electron chi connectivity index (χ4n) is 3.26. The number of nitrogens with zero attached hydrogens (tertiary/aromatic N) is 2. The van der Waals surface area contributed by atoms with Gasteiger partial charge in [0.25, 0.3) is 0 Å². The number of hydrogen-bond acceptors (Lipinski definition) is 3. The zero-order valence-electron chi connectivity index (χ0n) is 14.4. The van der Waals surface area contributed by atoms with Crippen molar-refractivity contribution in [1.29, 1.82) is 0 Å². The summed E-state index contributed by atoms with van der Waals surface area (Å²) in [5, 5.41) is 0. The number of para-hydroxylation sites is 1. The molecule has 0 radical (unpaired) electrons. The maximum atomic E-state index is 13.2. The summed E-state index contributed by atoms with van der Waals surface area (Å²) in [6, 6.07) is 17.7. The Bertz CT molecular complexity index is 701. The van der Waals surface area contributed by atoms with E-state index in [0.717, 1.165) is 24.3 Å². The normalized spacial score (nSPS) is 17.7. The fourth-order valence-corrected chi connectivity index (χ4v) is 3.26. The van der Waals surface area contributed by atoms with Gasteiger partial charge in [-0.15, -0.1) is 0 Å². The van der Waals surface area contributed by atoms with Crippen molar-refractivity contribution in [2.75, 3.05) is 25.0 Å². The molecule has 0 aliphatic carbocycles. The molecule has 0 saturated carbocycles. The number of rotatable bonds is 3. The van der Waals surface area contributed by atoms with Crippen LogP contribution in [0.1, 0.15) is 24.1 Å². The molecule has 2 aromatic rings. The van der Waals surface area contributed by atoms with Gasteiger partial charge < -0.3 is 15.5 Å². The van der Waals surface area contributed by atoms with Gasteiger partial charge >= 0.3 is 0 Å². The van der Waals surface area contributed by atoms with Crippen molar-refractivity contribution in [3.8, 4) is 0 Å². The zero-order valence-corrected chi connectivity index (χ0v) is 14.4. The van der Waals surface area contributed by atoms with E-state index < -0.39 is 0 Å². The van der Waals surface area contributed by atoms with E-state index in [1.807, 2.05) is 60.4 Å². The number of carbonyl (C=O) groups excluding carboxylic acids is 1. The van der Waals surface area contributed by atoms with Gasteiger partial charge in [0.1, 0.15) is 0 Å². The Morgan fingerprint density at radius 1 is 1.04 bits per heavy atom. The molecule has 4 heteroatoms. The maximum absolute atomic E-state index is 13.2. The minimum Gasteiger partial charge on any atom is -0.323 e. The number of anilines is 1. The largest absolute Gasteiger partial charge is 0.323 e. The first-order valence-electron chi connectivity index (χ1n) is 8.46. The molecule has 0 saturated heterocycles. The molecule has 2 N–H and O–H groups in total. The van der Waals surface area contributed by atoms with Crippen LogP contribution in [-0.2, 0) is 11.3 Å². The highest BCUT2D eigenvalue weighted by atomic mass is 16.2. The Kier molecular flexibility index (Phi) is 4.97. The lowest BCUT2D eigenvalue weighted by Crippen LogP contribution is -2.41. The molecule has 24 heavy (non-hydrogen) atoms. The van der Waals surface area contributed by atoms with E-state index in [0.29, 0.717) is 6.54 Å². The summed E-state index contributed by atoms with van der Waals surface area (Å²) in [4.78, 5) is 17.3. The summed E-state index contributed by atoms with van der Waals surface area (Å²) in [6.07, 6.45) is 0. The Morgan fingerprint density at radius 2 is 1.71 bits per heavy atom. The third-order valence-corrected chi connectivity index (χ3v) is 4.81. The number of carbonyl (C=O) groups is 1. The molecule has 0 bridgehead atoms. The van der Waals surface area contributed by atoms with E-state index in [4.69, 9.17) is 5.73 Å². The molecule has 1 aliphatic heterocycles. The number of benzene rings is 2. The predicted molar refractivity (Wildman–Crippen MR) is 97.7 cm³/mol. The maximum Gasteiger partial charge on any atom is 0.231 e. The van der Waals surface area contributed by atoms with Gasteiger partial charge in [0.05, 0.1) is 5.92 Å². The number of fused-ring (bicyclic) bond motifs is 1. The minimum absolute atomic E-state index is 0.0918. The van der Waals surface area contributed by atoms with Crippen LogP contribution in [0.3, 0.4) is 0 Å². The Labute approximate surface area is 143 Å². The summed E-state index contributed by atoms with van der Waals surface area (Å²) in [6.45, 7) is 4.34. The van der Waals surface area contributed by atoms with E-state index in [2.05, 4.69) is 18.0 Å². The van der Waals surface area contributed by atoms with Crippen molar-refractivity contribution in [2.45, 2.75) is 19.5 Å². The molecule has 1 amide bonds. The second-order valence-electron chi connectivity index (χ2n) is 6.58. The van der Waals surface area contributed by atoms with Crippen molar-refractivity contribution in [3.05, 3.63) is 65.7 Å². The first-order chi connectivity index (χ1) is 11.6. The van der Waals surface area contributed by atoms with E-state index in [9.17, 15) is 4.79 Å². The second-order valence-corrected chi connectivity index (χ2v) is 6.58. The van der Waals surface area contributed by atoms with Gasteiger partial charge in [-0.2, -0.15) is 0 Å². The fraction of sp³-hybridized carbons (Fsp3) is 0.350. The molecule has 0 aromatic heterocycles. The van der Waals surface area contributed by atoms with Crippen molar-refractivity contribution >= 4 is 11.6 Å². The molecule has 0 spiro atoms. The lowest BCUT2D eigenvalue weighted by Gasteiger charge is -2.28. The molecule has 2 atom stereocenters. The van der Waals surface area contributed by atoms with Crippen LogP contribution in [0.25, 0.3) is 0 Å².